The van der Waals surface area contributed by atoms with Crippen molar-refractivity contribution >= 4 is 27.5 Å². The number of H-pyrrole nitrogens is 1. The monoisotopic (exact) mass is 317 g/mol. The molecule has 1 aromatic heterocycles. The van der Waals surface area contributed by atoms with Crippen LogP contribution >= 0.6 is 27.5 Å². The van der Waals surface area contributed by atoms with Gasteiger partial charge in [-0.25, -0.2) is 9.37 Å². The fraction of sp³-hybridized carbons (Fsp3) is 0.182. The van der Waals surface area contributed by atoms with E-state index < -0.39 is 5.82 Å². The fourth-order valence-electron chi connectivity index (χ4n) is 1.49. The van der Waals surface area contributed by atoms with Crippen LogP contribution in [0.15, 0.2) is 22.8 Å². The topological polar surface area (TPSA) is 54.7 Å². The van der Waals surface area contributed by atoms with E-state index in [1.807, 2.05) is 0 Å². The van der Waals surface area contributed by atoms with E-state index in [1.165, 1.54) is 6.07 Å². The van der Waals surface area contributed by atoms with Gasteiger partial charge in [0.15, 0.2) is 0 Å². The summed E-state index contributed by atoms with van der Waals surface area (Å²) in [5.41, 5.74) is 6.91. The third-order valence-corrected chi connectivity index (χ3v) is 3.15. The normalized spacial score (nSPS) is 10.8. The van der Waals surface area contributed by atoms with Crippen LogP contribution in [0.3, 0.4) is 0 Å². The number of hydrogen-bond donors (Lipinski definition) is 2. The van der Waals surface area contributed by atoms with Gasteiger partial charge in [-0.05, 0) is 40.7 Å². The van der Waals surface area contributed by atoms with Crippen LogP contribution in [0.1, 0.15) is 5.82 Å². The van der Waals surface area contributed by atoms with E-state index in [0.29, 0.717) is 18.7 Å². The Kier molecular flexibility index (Phi) is 3.81. The molecule has 0 unspecified atom stereocenters. The fourth-order valence-corrected chi connectivity index (χ4v) is 2.21. The maximum atomic E-state index is 13.1. The van der Waals surface area contributed by atoms with Gasteiger partial charge in [-0.2, -0.15) is 0 Å². The van der Waals surface area contributed by atoms with Crippen LogP contribution in [0.4, 0.5) is 4.39 Å². The molecular weight excluding hydrogens is 308 g/mol. The van der Waals surface area contributed by atoms with Crippen LogP contribution in [0.5, 0.6) is 0 Å². The molecule has 90 valence electrons. The zero-order chi connectivity index (χ0) is 12.4. The van der Waals surface area contributed by atoms with E-state index in [9.17, 15) is 4.39 Å². The average Bonchev–Trinajstić information content (AvgIpc) is 2.64. The molecule has 2 rings (SSSR count). The second kappa shape index (κ2) is 5.16. The molecular formula is C11H10BrClFN3. The van der Waals surface area contributed by atoms with Gasteiger partial charge in [0.05, 0.1) is 5.02 Å². The summed E-state index contributed by atoms with van der Waals surface area (Å²) >= 11 is 9.11. The van der Waals surface area contributed by atoms with Crippen molar-refractivity contribution in [1.29, 1.82) is 0 Å². The average molecular weight is 319 g/mol. The van der Waals surface area contributed by atoms with Gasteiger partial charge < -0.3 is 10.7 Å². The van der Waals surface area contributed by atoms with E-state index in [-0.39, 0.29) is 5.02 Å². The third kappa shape index (κ3) is 2.68. The number of aromatic amines is 1. The summed E-state index contributed by atoms with van der Waals surface area (Å²) in [7, 11) is 0. The first-order valence-corrected chi connectivity index (χ1v) is 6.18. The van der Waals surface area contributed by atoms with Crippen LogP contribution in [-0.2, 0) is 6.42 Å². The smallest absolute Gasteiger partial charge is 0.141 e. The summed E-state index contributed by atoms with van der Waals surface area (Å²) in [4.78, 5) is 7.44. The van der Waals surface area contributed by atoms with Gasteiger partial charge in [0.25, 0.3) is 0 Å². The summed E-state index contributed by atoms with van der Waals surface area (Å²) in [6.07, 6.45) is 0.660. The molecule has 3 N–H and O–H groups in total. The molecule has 0 radical (unpaired) electrons. The quantitative estimate of drug-likeness (QED) is 0.913. The number of benzene rings is 1. The molecule has 0 amide bonds. The largest absolute Gasteiger partial charge is 0.336 e. The summed E-state index contributed by atoms with van der Waals surface area (Å²) in [5, 5.41) is 0.0813. The lowest BCUT2D eigenvalue weighted by atomic mass is 10.2. The molecule has 0 spiro atoms. The second-order valence-corrected chi connectivity index (χ2v) is 4.71. The lowest BCUT2D eigenvalue weighted by Crippen LogP contribution is -2.03. The van der Waals surface area contributed by atoms with Crippen LogP contribution in [-0.4, -0.2) is 16.5 Å². The summed E-state index contributed by atoms with van der Waals surface area (Å²) < 4.78 is 13.8. The lowest BCUT2D eigenvalue weighted by molar-refractivity contribution is 0.628. The molecule has 0 bridgehead atoms. The van der Waals surface area contributed by atoms with Crippen molar-refractivity contribution in [2.75, 3.05) is 6.54 Å². The number of nitrogens with two attached hydrogens (primary N) is 1. The molecule has 0 saturated heterocycles. The number of rotatable bonds is 3. The van der Waals surface area contributed by atoms with Crippen molar-refractivity contribution < 1.29 is 4.39 Å². The second-order valence-electron chi connectivity index (χ2n) is 3.51. The summed E-state index contributed by atoms with van der Waals surface area (Å²) in [6.45, 7) is 0.517. The Morgan fingerprint density at radius 2 is 2.24 bits per heavy atom. The molecule has 17 heavy (non-hydrogen) atoms. The molecule has 0 aliphatic rings. The highest BCUT2D eigenvalue weighted by molar-refractivity contribution is 9.10. The predicted molar refractivity (Wildman–Crippen MR) is 69.5 cm³/mol. The maximum Gasteiger partial charge on any atom is 0.141 e. The number of halogens is 3. The lowest BCUT2D eigenvalue weighted by Gasteiger charge is -1.99. The van der Waals surface area contributed by atoms with Gasteiger partial charge in [-0.1, -0.05) is 11.6 Å². The van der Waals surface area contributed by atoms with Gasteiger partial charge >= 0.3 is 0 Å². The van der Waals surface area contributed by atoms with Crippen LogP contribution in [0.25, 0.3) is 11.3 Å². The zero-order valence-electron chi connectivity index (χ0n) is 8.80. The van der Waals surface area contributed by atoms with Crippen molar-refractivity contribution in [2.24, 2.45) is 5.73 Å². The molecule has 1 heterocycles. The Labute approximate surface area is 111 Å². The minimum Gasteiger partial charge on any atom is -0.336 e. The molecule has 2 aromatic rings. The highest BCUT2D eigenvalue weighted by atomic mass is 79.9. The summed E-state index contributed by atoms with van der Waals surface area (Å²) in [5.74, 6) is 0.346. The van der Waals surface area contributed by atoms with Gasteiger partial charge in [0, 0.05) is 12.0 Å². The number of nitrogens with one attached hydrogen (secondary N) is 1. The van der Waals surface area contributed by atoms with Crippen molar-refractivity contribution in [3.8, 4) is 11.3 Å². The SMILES string of the molecule is NCCc1nc(-c2ccc(F)c(Cl)c2)c(Br)[nH]1. The van der Waals surface area contributed by atoms with E-state index in [4.69, 9.17) is 17.3 Å². The molecule has 0 atom stereocenters. The molecule has 1 aromatic carbocycles. The molecule has 0 saturated carbocycles. The van der Waals surface area contributed by atoms with Crippen molar-refractivity contribution in [3.05, 3.63) is 39.5 Å². The Balaban J connectivity index is 2.41. The first-order valence-electron chi connectivity index (χ1n) is 5.01. The van der Waals surface area contributed by atoms with Crippen LogP contribution in [0.2, 0.25) is 5.02 Å². The molecule has 0 aliphatic heterocycles. The standard InChI is InChI=1S/C11H10BrClFN3/c12-11-10(16-9(17-11)3-4-15)6-1-2-8(14)7(13)5-6/h1-2,5H,3-4,15H2,(H,16,17). The number of hydrogen-bond acceptors (Lipinski definition) is 2. The highest BCUT2D eigenvalue weighted by Crippen LogP contribution is 2.29. The first-order chi connectivity index (χ1) is 8.11. The maximum absolute atomic E-state index is 13.1. The number of aromatic nitrogens is 2. The van der Waals surface area contributed by atoms with E-state index in [2.05, 4.69) is 25.9 Å². The first kappa shape index (κ1) is 12.5. The molecule has 0 aliphatic carbocycles. The minimum atomic E-state index is -0.441. The van der Waals surface area contributed by atoms with Gasteiger partial charge in [0.1, 0.15) is 21.9 Å². The number of imidazole rings is 1. The van der Waals surface area contributed by atoms with Crippen LogP contribution in [0, 0.1) is 5.82 Å². The highest BCUT2D eigenvalue weighted by Gasteiger charge is 2.11. The minimum absolute atomic E-state index is 0.0813. The van der Waals surface area contributed by atoms with Crippen molar-refractivity contribution in [1.82, 2.24) is 9.97 Å². The van der Waals surface area contributed by atoms with Crippen molar-refractivity contribution in [3.63, 3.8) is 0 Å². The van der Waals surface area contributed by atoms with Crippen molar-refractivity contribution in [2.45, 2.75) is 6.42 Å². The van der Waals surface area contributed by atoms with E-state index in [0.717, 1.165) is 16.0 Å². The van der Waals surface area contributed by atoms with Gasteiger partial charge in [-0.15, -0.1) is 0 Å². The van der Waals surface area contributed by atoms with Crippen LogP contribution < -0.4 is 5.73 Å². The Bertz CT molecular complexity index is 542. The van der Waals surface area contributed by atoms with Gasteiger partial charge in [-0.3, -0.25) is 0 Å². The molecule has 0 fully saturated rings. The summed E-state index contributed by atoms with van der Waals surface area (Å²) in [6, 6.07) is 4.50. The van der Waals surface area contributed by atoms with E-state index in [1.54, 1.807) is 12.1 Å². The number of nitrogens with zero attached hydrogens (tertiary/aromatic N) is 1. The molecule has 3 nitrogen and oxygen atoms in total. The third-order valence-electron chi connectivity index (χ3n) is 2.28. The predicted octanol–water partition coefficient (Wildman–Crippen LogP) is 3.13. The Morgan fingerprint density at radius 1 is 1.47 bits per heavy atom. The van der Waals surface area contributed by atoms with E-state index >= 15 is 0 Å². The van der Waals surface area contributed by atoms with Gasteiger partial charge in [0.2, 0.25) is 0 Å². The molecule has 6 heteroatoms. The Morgan fingerprint density at radius 3 is 2.88 bits per heavy atom. The Hall–Kier alpha value is -0.910. The zero-order valence-corrected chi connectivity index (χ0v) is 11.1.